The molecule has 0 radical (unpaired) electrons. The zero-order valence-electron chi connectivity index (χ0n) is 14.0. The fourth-order valence-corrected chi connectivity index (χ4v) is 3.73. The van der Waals surface area contributed by atoms with E-state index in [4.69, 9.17) is 0 Å². The van der Waals surface area contributed by atoms with Gasteiger partial charge in [-0.15, -0.1) is 0 Å². The van der Waals surface area contributed by atoms with Crippen LogP contribution < -0.4 is 4.90 Å². The maximum absolute atomic E-state index is 12.7. The summed E-state index contributed by atoms with van der Waals surface area (Å²) in [7, 11) is 0. The second kappa shape index (κ2) is 7.08. The zero-order chi connectivity index (χ0) is 18.0. The Kier molecular flexibility index (Phi) is 4.86. The molecule has 1 fully saturated rings. The van der Waals surface area contributed by atoms with Gasteiger partial charge < -0.3 is 0 Å². The zero-order valence-corrected chi connectivity index (χ0v) is 14.8. The molecule has 1 aliphatic heterocycles. The number of para-hydroxylation sites is 1. The number of rotatable bonds is 4. The molecule has 3 rings (SSSR count). The van der Waals surface area contributed by atoms with E-state index in [-0.39, 0.29) is 24.2 Å². The van der Waals surface area contributed by atoms with Crippen LogP contribution in [0.2, 0.25) is 0 Å². The van der Waals surface area contributed by atoms with Crippen LogP contribution in [-0.4, -0.2) is 22.0 Å². The number of imide groups is 1. The van der Waals surface area contributed by atoms with Gasteiger partial charge in [0.05, 0.1) is 16.5 Å². The predicted octanol–water partition coefficient (Wildman–Crippen LogP) is 3.50. The summed E-state index contributed by atoms with van der Waals surface area (Å²) in [4.78, 5) is 30.8. The Morgan fingerprint density at radius 3 is 2.56 bits per heavy atom. The van der Waals surface area contributed by atoms with Gasteiger partial charge in [0.25, 0.3) is 0 Å². The van der Waals surface area contributed by atoms with Crippen molar-refractivity contribution in [2.75, 3.05) is 4.90 Å². The van der Waals surface area contributed by atoms with Gasteiger partial charge in [-0.1, -0.05) is 43.8 Å². The van der Waals surface area contributed by atoms with E-state index in [0.29, 0.717) is 16.3 Å². The predicted molar refractivity (Wildman–Crippen MR) is 96.2 cm³/mol. The fraction of sp³-hybridized carbons (Fsp3) is 0.263. The number of pyridine rings is 1. The lowest BCUT2D eigenvalue weighted by Crippen LogP contribution is -2.31. The Hall–Kier alpha value is -2.65. The van der Waals surface area contributed by atoms with Crippen LogP contribution in [0.4, 0.5) is 5.69 Å². The molecule has 2 aromatic rings. The Morgan fingerprint density at radius 1 is 1.20 bits per heavy atom. The Balaban J connectivity index is 1.87. The molecule has 1 saturated heterocycles. The molecular weight excluding hydrogens is 334 g/mol. The van der Waals surface area contributed by atoms with Crippen LogP contribution in [0, 0.1) is 11.3 Å². The molecule has 126 valence electrons. The number of carbonyl (C=O) groups excluding carboxylic acids is 2. The van der Waals surface area contributed by atoms with Gasteiger partial charge in [0.15, 0.2) is 0 Å². The van der Waals surface area contributed by atoms with Crippen LogP contribution in [0.25, 0.3) is 0 Å². The van der Waals surface area contributed by atoms with Crippen LogP contribution >= 0.6 is 11.8 Å². The molecule has 5 nitrogen and oxygen atoms in total. The standard InChI is InChI=1S/C19H17N3O2S/c1-12(2)15-9-8-13(11-20)18(21-15)25-16-10-17(23)22(19(16)24)14-6-4-3-5-7-14/h3-9,12,16H,10H2,1-2H3. The highest BCUT2D eigenvalue weighted by molar-refractivity contribution is 8.00. The minimum Gasteiger partial charge on any atom is -0.274 e. The number of nitriles is 1. The first kappa shape index (κ1) is 17.2. The van der Waals surface area contributed by atoms with Crippen molar-refractivity contribution in [2.24, 2.45) is 0 Å². The van der Waals surface area contributed by atoms with E-state index in [2.05, 4.69) is 11.1 Å². The SMILES string of the molecule is CC(C)c1ccc(C#N)c(SC2CC(=O)N(c3ccccc3)C2=O)n1. The molecule has 1 atom stereocenters. The Morgan fingerprint density at radius 2 is 1.92 bits per heavy atom. The summed E-state index contributed by atoms with van der Waals surface area (Å²) in [6, 6.07) is 14.5. The smallest absolute Gasteiger partial charge is 0.247 e. The molecule has 0 N–H and O–H groups in total. The van der Waals surface area contributed by atoms with Gasteiger partial charge in [0, 0.05) is 12.1 Å². The highest BCUT2D eigenvalue weighted by atomic mass is 32.2. The molecule has 6 heteroatoms. The van der Waals surface area contributed by atoms with Crippen molar-refractivity contribution in [2.45, 2.75) is 36.5 Å². The van der Waals surface area contributed by atoms with E-state index in [1.165, 1.54) is 16.7 Å². The summed E-state index contributed by atoms with van der Waals surface area (Å²) in [5.41, 5.74) is 1.86. The maximum atomic E-state index is 12.7. The van der Waals surface area contributed by atoms with Crippen LogP contribution in [-0.2, 0) is 9.59 Å². The number of thioether (sulfide) groups is 1. The molecule has 0 spiro atoms. The van der Waals surface area contributed by atoms with Gasteiger partial charge in [-0.05, 0) is 30.2 Å². The van der Waals surface area contributed by atoms with Gasteiger partial charge in [-0.3, -0.25) is 9.59 Å². The van der Waals surface area contributed by atoms with Crippen molar-refractivity contribution in [3.05, 3.63) is 53.7 Å². The number of nitrogens with zero attached hydrogens (tertiary/aromatic N) is 3. The molecular formula is C19H17N3O2S. The van der Waals surface area contributed by atoms with Crippen molar-refractivity contribution in [3.63, 3.8) is 0 Å². The number of benzene rings is 1. The van der Waals surface area contributed by atoms with Gasteiger partial charge in [0.1, 0.15) is 11.1 Å². The molecule has 0 bridgehead atoms. The summed E-state index contributed by atoms with van der Waals surface area (Å²) < 4.78 is 0. The lowest BCUT2D eigenvalue weighted by Gasteiger charge is -2.15. The first-order valence-corrected chi connectivity index (χ1v) is 8.88. The minimum atomic E-state index is -0.560. The van der Waals surface area contributed by atoms with Crippen molar-refractivity contribution in [1.82, 2.24) is 4.98 Å². The highest BCUT2D eigenvalue weighted by Crippen LogP contribution is 2.35. The first-order valence-electron chi connectivity index (χ1n) is 8.00. The lowest BCUT2D eigenvalue weighted by atomic mass is 10.1. The fourth-order valence-electron chi connectivity index (χ4n) is 2.63. The summed E-state index contributed by atoms with van der Waals surface area (Å²) in [6.07, 6.45) is 0.108. The third-order valence-electron chi connectivity index (χ3n) is 3.97. The van der Waals surface area contributed by atoms with E-state index in [1.54, 1.807) is 30.3 Å². The van der Waals surface area contributed by atoms with Crippen LogP contribution in [0.5, 0.6) is 0 Å². The molecule has 1 unspecified atom stereocenters. The third-order valence-corrected chi connectivity index (χ3v) is 5.15. The van der Waals surface area contributed by atoms with Crippen molar-refractivity contribution < 1.29 is 9.59 Å². The van der Waals surface area contributed by atoms with Crippen molar-refractivity contribution >= 4 is 29.3 Å². The molecule has 1 aliphatic rings. The quantitative estimate of drug-likeness (QED) is 0.788. The van der Waals surface area contributed by atoms with Crippen molar-refractivity contribution in [3.8, 4) is 6.07 Å². The Labute approximate surface area is 150 Å². The summed E-state index contributed by atoms with van der Waals surface area (Å²) >= 11 is 1.20. The number of anilines is 1. The van der Waals surface area contributed by atoms with E-state index in [1.807, 2.05) is 26.0 Å². The van der Waals surface area contributed by atoms with Gasteiger partial charge in [-0.25, -0.2) is 9.88 Å². The number of hydrogen-bond acceptors (Lipinski definition) is 5. The van der Waals surface area contributed by atoms with Crippen LogP contribution in [0.1, 0.15) is 37.4 Å². The number of carbonyl (C=O) groups is 2. The molecule has 0 saturated carbocycles. The average molecular weight is 351 g/mol. The minimum absolute atomic E-state index is 0.108. The monoisotopic (exact) mass is 351 g/mol. The lowest BCUT2D eigenvalue weighted by molar-refractivity contribution is -0.121. The van der Waals surface area contributed by atoms with E-state index in [9.17, 15) is 14.9 Å². The van der Waals surface area contributed by atoms with Gasteiger partial charge in [-0.2, -0.15) is 5.26 Å². The van der Waals surface area contributed by atoms with Crippen LogP contribution in [0.15, 0.2) is 47.5 Å². The van der Waals surface area contributed by atoms with Gasteiger partial charge >= 0.3 is 0 Å². The number of hydrogen-bond donors (Lipinski definition) is 0. The highest BCUT2D eigenvalue weighted by Gasteiger charge is 2.40. The van der Waals surface area contributed by atoms with Crippen molar-refractivity contribution in [1.29, 1.82) is 5.26 Å². The third kappa shape index (κ3) is 3.42. The largest absolute Gasteiger partial charge is 0.274 e. The molecule has 25 heavy (non-hydrogen) atoms. The molecule has 1 aromatic heterocycles. The van der Waals surface area contributed by atoms with E-state index >= 15 is 0 Å². The molecule has 1 aromatic carbocycles. The topological polar surface area (TPSA) is 74.1 Å². The maximum Gasteiger partial charge on any atom is 0.247 e. The first-order chi connectivity index (χ1) is 12.0. The summed E-state index contributed by atoms with van der Waals surface area (Å²) in [5, 5.41) is 9.25. The summed E-state index contributed by atoms with van der Waals surface area (Å²) in [6.45, 7) is 4.04. The normalized spacial score (nSPS) is 17.2. The average Bonchev–Trinajstić information content (AvgIpc) is 2.89. The second-order valence-electron chi connectivity index (χ2n) is 6.07. The molecule has 2 amide bonds. The number of amides is 2. The Bertz CT molecular complexity index is 859. The van der Waals surface area contributed by atoms with Crippen LogP contribution in [0.3, 0.4) is 0 Å². The van der Waals surface area contributed by atoms with E-state index < -0.39 is 5.25 Å². The molecule has 2 heterocycles. The second-order valence-corrected chi connectivity index (χ2v) is 7.26. The molecule has 0 aliphatic carbocycles. The summed E-state index contributed by atoms with van der Waals surface area (Å²) in [5.74, 6) is -0.275. The number of aromatic nitrogens is 1. The van der Waals surface area contributed by atoms with E-state index in [0.717, 1.165) is 5.69 Å². The van der Waals surface area contributed by atoms with Gasteiger partial charge in [0.2, 0.25) is 11.8 Å².